The van der Waals surface area contributed by atoms with E-state index in [0.717, 1.165) is 23.6 Å². The summed E-state index contributed by atoms with van der Waals surface area (Å²) in [6.45, 7) is 0.834. The molecule has 11 heteroatoms. The van der Waals surface area contributed by atoms with E-state index in [1.54, 1.807) is 12.1 Å². The van der Waals surface area contributed by atoms with Gasteiger partial charge in [0, 0.05) is 27.2 Å². The van der Waals surface area contributed by atoms with Gasteiger partial charge >= 0.3 is 0 Å². The van der Waals surface area contributed by atoms with E-state index in [1.165, 1.54) is 42.7 Å². The van der Waals surface area contributed by atoms with Gasteiger partial charge in [0.1, 0.15) is 4.90 Å². The molecule has 3 rings (SSSR count). The van der Waals surface area contributed by atoms with Crippen LogP contribution in [0.4, 0.5) is 5.69 Å². The number of rotatable bonds is 6. The van der Waals surface area contributed by atoms with Crippen LogP contribution in [0, 0.1) is 0 Å². The van der Waals surface area contributed by atoms with Crippen molar-refractivity contribution in [2.24, 2.45) is 0 Å². The van der Waals surface area contributed by atoms with E-state index < -0.39 is 26.0 Å². The Bertz CT molecular complexity index is 1100. The van der Waals surface area contributed by atoms with Crippen molar-refractivity contribution in [1.82, 2.24) is 8.61 Å². The maximum absolute atomic E-state index is 12.7. The largest absolute Gasteiger partial charge is 0.438 e. The summed E-state index contributed by atoms with van der Waals surface area (Å²) >= 11 is 0. The van der Waals surface area contributed by atoms with Crippen molar-refractivity contribution < 1.29 is 26.0 Å². The first-order chi connectivity index (χ1) is 13.6. The third kappa shape index (κ3) is 4.37. The van der Waals surface area contributed by atoms with Crippen molar-refractivity contribution >= 4 is 31.6 Å². The molecule has 0 bridgehead atoms. The Morgan fingerprint density at radius 2 is 1.66 bits per heavy atom. The predicted octanol–water partition coefficient (Wildman–Crippen LogP) is 1.96. The molecule has 0 spiro atoms. The van der Waals surface area contributed by atoms with Crippen LogP contribution in [0.3, 0.4) is 0 Å². The third-order valence-electron chi connectivity index (χ3n) is 4.61. The molecule has 158 valence electrons. The average Bonchev–Trinajstić information content (AvgIpc) is 3.20. The lowest BCUT2D eigenvalue weighted by atomic mass is 10.2. The van der Waals surface area contributed by atoms with Crippen LogP contribution in [0.25, 0.3) is 0 Å². The molecule has 2 aromatic rings. The van der Waals surface area contributed by atoms with Crippen LogP contribution in [-0.4, -0.2) is 58.5 Å². The summed E-state index contributed by atoms with van der Waals surface area (Å²) in [5.41, 5.74) is 0.0723. The van der Waals surface area contributed by atoms with Crippen molar-refractivity contribution in [2.75, 3.05) is 32.5 Å². The number of benzene rings is 1. The lowest BCUT2D eigenvalue weighted by molar-refractivity contribution is 0.0991. The zero-order valence-corrected chi connectivity index (χ0v) is 17.8. The van der Waals surface area contributed by atoms with Gasteiger partial charge in [-0.15, -0.1) is 0 Å². The molecule has 1 saturated heterocycles. The molecule has 1 N–H and O–H groups in total. The van der Waals surface area contributed by atoms with E-state index in [9.17, 15) is 21.6 Å². The Morgan fingerprint density at radius 1 is 1.00 bits per heavy atom. The quantitative estimate of drug-likeness (QED) is 0.732. The maximum atomic E-state index is 12.7. The van der Waals surface area contributed by atoms with Gasteiger partial charge in [-0.2, -0.15) is 4.31 Å². The highest BCUT2D eigenvalue weighted by Gasteiger charge is 2.30. The zero-order chi connectivity index (χ0) is 21.2. The van der Waals surface area contributed by atoms with Crippen LogP contribution < -0.4 is 5.32 Å². The molecule has 0 saturated carbocycles. The molecule has 0 aliphatic carbocycles. The van der Waals surface area contributed by atoms with E-state index >= 15 is 0 Å². The Labute approximate surface area is 170 Å². The van der Waals surface area contributed by atoms with Crippen LogP contribution in [0.2, 0.25) is 0 Å². The van der Waals surface area contributed by atoms with E-state index in [1.807, 2.05) is 0 Å². The van der Waals surface area contributed by atoms with Crippen LogP contribution in [0.5, 0.6) is 0 Å². The molecular weight excluding hydrogens is 418 g/mol. The van der Waals surface area contributed by atoms with Crippen molar-refractivity contribution in [1.29, 1.82) is 0 Å². The first kappa shape index (κ1) is 21.5. The monoisotopic (exact) mass is 441 g/mol. The van der Waals surface area contributed by atoms with Gasteiger partial charge in [-0.05, 0) is 37.1 Å². The van der Waals surface area contributed by atoms with E-state index in [4.69, 9.17) is 4.42 Å². The van der Waals surface area contributed by atoms with Crippen LogP contribution in [-0.2, 0) is 20.0 Å². The fourth-order valence-corrected chi connectivity index (χ4v) is 5.46. The number of nitrogens with one attached hydrogen (secondary N) is 1. The smallest absolute Gasteiger partial charge is 0.291 e. The molecule has 0 unspecified atom stereocenters. The molecule has 1 amide bonds. The van der Waals surface area contributed by atoms with Crippen LogP contribution in [0.1, 0.15) is 29.8 Å². The van der Waals surface area contributed by atoms with Crippen molar-refractivity contribution in [3.05, 3.63) is 42.2 Å². The number of amides is 1. The summed E-state index contributed by atoms with van der Waals surface area (Å²) in [6.07, 6.45) is 2.54. The first-order valence-corrected chi connectivity index (χ1v) is 11.9. The van der Waals surface area contributed by atoms with Gasteiger partial charge in [-0.25, -0.2) is 21.1 Å². The zero-order valence-electron chi connectivity index (χ0n) is 16.2. The minimum Gasteiger partial charge on any atom is -0.438 e. The molecule has 1 aromatic carbocycles. The molecule has 1 fully saturated rings. The Balaban J connectivity index is 1.84. The summed E-state index contributed by atoms with van der Waals surface area (Å²) in [5, 5.41) is 2.18. The highest BCUT2D eigenvalue weighted by molar-refractivity contribution is 7.89. The number of piperidine rings is 1. The topological polar surface area (TPSA) is 117 Å². The summed E-state index contributed by atoms with van der Waals surface area (Å²) < 4.78 is 57.9. The lowest BCUT2D eigenvalue weighted by Gasteiger charge is -2.24. The number of para-hydroxylation sites is 1. The summed E-state index contributed by atoms with van der Waals surface area (Å²) in [4.78, 5) is 12.5. The third-order valence-corrected chi connectivity index (χ3v) is 8.25. The van der Waals surface area contributed by atoms with Crippen molar-refractivity contribution in [3.63, 3.8) is 0 Å². The van der Waals surface area contributed by atoms with E-state index in [0.29, 0.717) is 13.1 Å². The number of hydrogen-bond acceptors (Lipinski definition) is 6. The molecule has 0 radical (unpaired) electrons. The molecule has 1 aromatic heterocycles. The molecule has 1 aliphatic heterocycles. The maximum Gasteiger partial charge on any atom is 0.291 e. The molecule has 2 heterocycles. The average molecular weight is 442 g/mol. The Morgan fingerprint density at radius 3 is 2.31 bits per heavy atom. The molecule has 29 heavy (non-hydrogen) atoms. The van der Waals surface area contributed by atoms with Gasteiger partial charge in [-0.1, -0.05) is 18.6 Å². The minimum absolute atomic E-state index is 0.0723. The number of carbonyl (C=O) groups is 1. The summed E-state index contributed by atoms with van der Waals surface area (Å²) in [6, 6.07) is 8.44. The number of carbonyl (C=O) groups excluding carboxylic acids is 1. The number of furan rings is 1. The van der Waals surface area contributed by atoms with Gasteiger partial charge in [0.15, 0.2) is 5.76 Å². The van der Waals surface area contributed by atoms with Gasteiger partial charge in [-0.3, -0.25) is 4.79 Å². The van der Waals surface area contributed by atoms with Crippen LogP contribution >= 0.6 is 0 Å². The molecular formula is C18H23N3O6S2. The normalized spacial score (nSPS) is 16.1. The first-order valence-electron chi connectivity index (χ1n) is 9.07. The van der Waals surface area contributed by atoms with Gasteiger partial charge in [0.2, 0.25) is 15.1 Å². The van der Waals surface area contributed by atoms with Crippen LogP contribution in [0.15, 0.2) is 50.8 Å². The Kier molecular flexibility index (Phi) is 6.13. The van der Waals surface area contributed by atoms with E-state index in [2.05, 4.69) is 5.32 Å². The SMILES string of the molecule is CN(C)S(=O)(=O)c1ccccc1NC(=O)c1ccc(S(=O)(=O)N2CCCCC2)o1. The second kappa shape index (κ2) is 8.27. The van der Waals surface area contributed by atoms with E-state index in [-0.39, 0.29) is 21.4 Å². The summed E-state index contributed by atoms with van der Waals surface area (Å²) in [5.74, 6) is -0.968. The standard InChI is InChI=1S/C18H23N3O6S2/c1-20(2)28(23,24)16-9-5-4-8-14(16)19-18(22)15-10-11-17(27-15)29(25,26)21-12-6-3-7-13-21/h4-5,8-11H,3,6-7,12-13H2,1-2H3,(H,19,22). The van der Waals surface area contributed by atoms with Gasteiger partial charge < -0.3 is 9.73 Å². The number of anilines is 1. The minimum atomic E-state index is -3.81. The summed E-state index contributed by atoms with van der Waals surface area (Å²) in [7, 11) is -4.81. The fraction of sp³-hybridized carbons (Fsp3) is 0.389. The fourth-order valence-electron chi connectivity index (χ4n) is 2.99. The Hall–Kier alpha value is -2.21. The highest BCUT2D eigenvalue weighted by Crippen LogP contribution is 2.26. The predicted molar refractivity (Wildman–Crippen MR) is 107 cm³/mol. The second-order valence-corrected chi connectivity index (χ2v) is 10.8. The molecule has 0 atom stereocenters. The van der Waals surface area contributed by atoms with Crippen molar-refractivity contribution in [3.8, 4) is 0 Å². The number of nitrogens with zero attached hydrogens (tertiary/aromatic N) is 2. The van der Waals surface area contributed by atoms with Crippen molar-refractivity contribution in [2.45, 2.75) is 29.3 Å². The molecule has 1 aliphatic rings. The molecule has 9 nitrogen and oxygen atoms in total. The van der Waals surface area contributed by atoms with Gasteiger partial charge in [0.25, 0.3) is 15.9 Å². The number of sulfonamides is 2. The number of hydrogen-bond donors (Lipinski definition) is 1. The second-order valence-electron chi connectivity index (χ2n) is 6.82. The van der Waals surface area contributed by atoms with Gasteiger partial charge in [0.05, 0.1) is 5.69 Å². The lowest BCUT2D eigenvalue weighted by Crippen LogP contribution is -2.35. The highest BCUT2D eigenvalue weighted by atomic mass is 32.2.